The molecule has 1 fully saturated rings. The summed E-state index contributed by atoms with van der Waals surface area (Å²) in [5.41, 5.74) is 8.09. The van der Waals surface area contributed by atoms with E-state index in [-0.39, 0.29) is 21.9 Å². The quantitative estimate of drug-likeness (QED) is 0.323. The lowest BCUT2D eigenvalue weighted by Crippen LogP contribution is -2.64. The Morgan fingerprint density at radius 3 is 2.21 bits per heavy atom. The van der Waals surface area contributed by atoms with Gasteiger partial charge in [-0.2, -0.15) is 0 Å². The lowest BCUT2D eigenvalue weighted by atomic mass is 9.46. The predicted molar refractivity (Wildman–Crippen MR) is 115 cm³/mol. The Balaban J connectivity index is 2.50. The molecular weight excluding hydrogens is 294 g/mol. The van der Waals surface area contributed by atoms with E-state index in [1.165, 1.54) is 0 Å². The van der Waals surface area contributed by atoms with Crippen LogP contribution in [0, 0.1) is 6.92 Å². The van der Waals surface area contributed by atoms with E-state index < -0.39 is 0 Å². The van der Waals surface area contributed by atoms with Crippen LogP contribution >= 0.6 is 0 Å². The highest BCUT2D eigenvalue weighted by molar-refractivity contribution is 6.44. The van der Waals surface area contributed by atoms with Gasteiger partial charge in [-0.1, -0.05) is 0 Å². The Bertz CT molecular complexity index is 628. The number of nitrogens with one attached hydrogen (secondary N) is 1. The topological polar surface area (TPSA) is 67.5 Å². The molecule has 1 aromatic carbocycles. The molecule has 1 aliphatic rings. The highest BCUT2D eigenvalue weighted by Gasteiger charge is 2.38. The third-order valence-corrected chi connectivity index (χ3v) is 4.64. The first-order chi connectivity index (χ1) is 10.7. The van der Waals surface area contributed by atoms with Crippen molar-refractivity contribution < 1.29 is 9.84 Å². The van der Waals surface area contributed by atoms with Crippen LogP contribution in [0.4, 0.5) is 5.69 Å². The summed E-state index contributed by atoms with van der Waals surface area (Å²) in [6.07, 6.45) is 2.02. The second-order valence-electron chi connectivity index (χ2n) is 9.56. The van der Waals surface area contributed by atoms with Crippen molar-refractivity contribution >= 4 is 44.9 Å². The van der Waals surface area contributed by atoms with Crippen molar-refractivity contribution in [3.8, 4) is 11.5 Å². The Morgan fingerprint density at radius 1 is 1.25 bits per heavy atom. The van der Waals surface area contributed by atoms with Crippen LogP contribution in [-0.2, 0) is 0 Å². The number of ether oxygens (including phenoxy) is 1. The van der Waals surface area contributed by atoms with Crippen LogP contribution in [0.2, 0.25) is 0 Å². The number of rotatable bonds is 3. The van der Waals surface area contributed by atoms with Gasteiger partial charge in [0.25, 0.3) is 0 Å². The molecule has 24 heavy (non-hydrogen) atoms. The van der Waals surface area contributed by atoms with Crippen LogP contribution in [-0.4, -0.2) is 60.5 Å². The molecule has 0 aromatic heterocycles. The van der Waals surface area contributed by atoms with Crippen LogP contribution in [0.3, 0.4) is 0 Å². The highest BCUT2D eigenvalue weighted by Crippen LogP contribution is 2.44. The number of nitrogens with two attached hydrogens (primary N) is 1. The van der Waals surface area contributed by atoms with Crippen molar-refractivity contribution in [1.82, 2.24) is 5.32 Å². The van der Waals surface area contributed by atoms with E-state index in [0.29, 0.717) is 17.4 Å². The van der Waals surface area contributed by atoms with Gasteiger partial charge in [-0.05, 0) is 67.4 Å². The Kier molecular flexibility index (Phi) is 4.82. The summed E-state index contributed by atoms with van der Waals surface area (Å²) in [6.45, 7) is 5.92. The molecule has 9 heteroatoms. The molecule has 0 spiro atoms. The zero-order chi connectivity index (χ0) is 18.5. The van der Waals surface area contributed by atoms with Gasteiger partial charge in [0.05, 0.1) is 5.50 Å². The number of phenolic OH excluding ortho intramolecular Hbond substituents is 1. The van der Waals surface area contributed by atoms with Crippen molar-refractivity contribution in [2.24, 2.45) is 0 Å². The van der Waals surface area contributed by atoms with Crippen molar-refractivity contribution in [3.63, 3.8) is 0 Å². The lowest BCUT2D eigenvalue weighted by molar-refractivity contribution is 0.198. The largest absolute Gasteiger partial charge is 0.505 e. The minimum Gasteiger partial charge on any atom is -0.505 e. The monoisotopic (exact) mass is 324 g/mol. The molecule has 0 atom stereocenters. The smallest absolute Gasteiger partial charge is 0.158 e. The number of phenols is 1. The van der Waals surface area contributed by atoms with Gasteiger partial charge in [-0.25, -0.2) is 0 Å². The molecule has 0 amide bonds. The zero-order valence-corrected chi connectivity index (χ0v) is 16.5. The summed E-state index contributed by atoms with van der Waals surface area (Å²) in [5, 5.41) is 14.3. The number of aromatic hydroxyl groups is 1. The molecule has 126 valence electrons. The third-order valence-electron chi connectivity index (χ3n) is 4.64. The SMILES string of the molecule is BC1(B)CC(c2cc(OC(B)(C)C)c(N)c(O)c2C)CC(B)(B)N1. The van der Waals surface area contributed by atoms with E-state index in [9.17, 15) is 5.11 Å². The average Bonchev–Trinajstić information content (AvgIpc) is 2.34. The van der Waals surface area contributed by atoms with Gasteiger partial charge in [-0.3, -0.25) is 0 Å². The van der Waals surface area contributed by atoms with Crippen LogP contribution in [0.5, 0.6) is 11.5 Å². The minimum atomic E-state index is -0.361. The number of hydrogen-bond acceptors (Lipinski definition) is 4. The first kappa shape index (κ1) is 19.2. The zero-order valence-electron chi connectivity index (χ0n) is 16.5. The first-order valence-corrected chi connectivity index (χ1v) is 8.81. The summed E-state index contributed by atoms with van der Waals surface area (Å²) in [5.74, 6) is 1.08. The Hall–Kier alpha value is -1.10. The molecule has 0 radical (unpaired) electrons. The molecule has 1 heterocycles. The maximum atomic E-state index is 10.5. The van der Waals surface area contributed by atoms with Crippen molar-refractivity contribution in [2.75, 3.05) is 5.73 Å². The molecule has 1 aliphatic heterocycles. The van der Waals surface area contributed by atoms with Crippen molar-refractivity contribution in [2.45, 2.75) is 55.7 Å². The molecule has 1 aromatic rings. The van der Waals surface area contributed by atoms with Gasteiger partial charge in [-0.15, -0.1) is 0 Å². The van der Waals surface area contributed by atoms with Crippen LogP contribution in [0.15, 0.2) is 6.07 Å². The number of benzene rings is 1. The maximum Gasteiger partial charge on any atom is 0.158 e. The summed E-state index contributed by atoms with van der Waals surface area (Å²) in [6, 6.07) is 2.04. The number of hydrogen-bond donors (Lipinski definition) is 3. The van der Waals surface area contributed by atoms with E-state index in [1.54, 1.807) is 0 Å². The predicted octanol–water partition coefficient (Wildman–Crippen LogP) is -2.66. The molecule has 2 rings (SSSR count). The van der Waals surface area contributed by atoms with Crippen molar-refractivity contribution in [1.29, 1.82) is 0 Å². The number of piperidine rings is 1. The van der Waals surface area contributed by atoms with Crippen LogP contribution in [0.25, 0.3) is 0 Å². The molecule has 4 nitrogen and oxygen atoms in total. The maximum absolute atomic E-state index is 10.5. The van der Waals surface area contributed by atoms with Crippen molar-refractivity contribution in [3.05, 3.63) is 17.2 Å². The van der Waals surface area contributed by atoms with Gasteiger partial charge >= 0.3 is 0 Å². The van der Waals surface area contributed by atoms with E-state index in [0.717, 1.165) is 24.0 Å². The normalized spacial score (nSPS) is 20.6. The molecule has 0 unspecified atom stereocenters. The lowest BCUT2D eigenvalue weighted by Gasteiger charge is -2.48. The molecular formula is C15H29B5N2O2. The first-order valence-electron chi connectivity index (χ1n) is 8.81. The molecule has 4 N–H and O–H groups in total. The number of nitrogen functional groups attached to an aromatic ring is 1. The molecule has 0 bridgehead atoms. The summed E-state index contributed by atoms with van der Waals surface area (Å²) < 4.78 is 6.00. The van der Waals surface area contributed by atoms with Gasteiger partial charge in [0.1, 0.15) is 48.6 Å². The minimum absolute atomic E-state index is 0.0426. The molecule has 0 saturated carbocycles. The fourth-order valence-electron chi connectivity index (χ4n) is 4.16. The van der Waals surface area contributed by atoms with E-state index >= 15 is 0 Å². The second kappa shape index (κ2) is 6.01. The summed E-state index contributed by atoms with van der Waals surface area (Å²) in [7, 11) is 10.9. The van der Waals surface area contributed by atoms with Gasteiger partial charge in [0.15, 0.2) is 7.85 Å². The van der Waals surface area contributed by atoms with Crippen LogP contribution < -0.4 is 15.8 Å². The average molecular weight is 323 g/mol. The second-order valence-corrected chi connectivity index (χ2v) is 9.56. The standard InChI is InChI=1S/C15H29B5N2O2/c1-7-9(8-5-14(17,18)22-15(19,20)6-8)4-10(11(21)12(7)23)24-13(2,3)16/h4,8,22-23H,5-6,16-21H2,1-3H3. The van der Waals surface area contributed by atoms with E-state index in [1.807, 2.05) is 34.7 Å². The van der Waals surface area contributed by atoms with Gasteiger partial charge in [0.2, 0.25) is 0 Å². The summed E-state index contributed by atoms with van der Waals surface area (Å²) >= 11 is 0. The fourth-order valence-corrected chi connectivity index (χ4v) is 4.16. The molecule has 1 saturated heterocycles. The van der Waals surface area contributed by atoms with Gasteiger partial charge < -0.3 is 20.9 Å². The van der Waals surface area contributed by atoms with Gasteiger partial charge in [0, 0.05) is 0 Å². The Labute approximate surface area is 150 Å². The van der Waals surface area contributed by atoms with E-state index in [4.69, 9.17) is 10.5 Å². The third kappa shape index (κ3) is 4.30. The molecule has 0 aliphatic carbocycles. The highest BCUT2D eigenvalue weighted by atomic mass is 16.5. The fraction of sp³-hybridized carbons (Fsp3) is 0.600. The number of anilines is 1. The Morgan fingerprint density at radius 2 is 1.75 bits per heavy atom. The summed E-state index contributed by atoms with van der Waals surface area (Å²) in [4.78, 5) is 0. The van der Waals surface area contributed by atoms with E-state index in [2.05, 4.69) is 36.7 Å². The van der Waals surface area contributed by atoms with Crippen LogP contribution in [0.1, 0.15) is 43.7 Å².